The zero-order valence-corrected chi connectivity index (χ0v) is 13.0. The molecule has 0 fully saturated rings. The van der Waals surface area contributed by atoms with E-state index in [0.29, 0.717) is 11.3 Å². The minimum atomic E-state index is -3.69. The molecule has 2 aromatic rings. The molecule has 0 heterocycles. The van der Waals surface area contributed by atoms with Crippen molar-refractivity contribution in [1.29, 1.82) is 0 Å². The van der Waals surface area contributed by atoms with Crippen molar-refractivity contribution in [1.82, 2.24) is 5.48 Å². The number of carbonyl (C=O) groups is 1. The van der Waals surface area contributed by atoms with Gasteiger partial charge in [0.2, 0.25) is 0 Å². The van der Waals surface area contributed by atoms with Gasteiger partial charge in [-0.15, -0.1) is 0 Å². The lowest BCUT2D eigenvalue weighted by molar-refractivity contribution is 0.0537. The lowest BCUT2D eigenvalue weighted by Crippen LogP contribution is -2.21. The van der Waals surface area contributed by atoms with Crippen molar-refractivity contribution in [2.75, 3.05) is 11.8 Å². The first-order valence-corrected chi connectivity index (χ1v) is 7.93. The lowest BCUT2D eigenvalue weighted by Gasteiger charge is -2.09. The number of amides is 1. The third-order valence-electron chi connectivity index (χ3n) is 2.93. The number of nitrogens with one attached hydrogen (secondary N) is 2. The Kier molecular flexibility index (Phi) is 4.79. The van der Waals surface area contributed by atoms with E-state index >= 15 is 0 Å². The topological polar surface area (TPSA) is 84.5 Å². The van der Waals surface area contributed by atoms with E-state index in [9.17, 15) is 13.2 Å². The van der Waals surface area contributed by atoms with Crippen LogP contribution in [0.1, 0.15) is 15.9 Å². The van der Waals surface area contributed by atoms with E-state index in [2.05, 4.69) is 15.0 Å². The second-order valence-corrected chi connectivity index (χ2v) is 6.31. The zero-order valence-electron chi connectivity index (χ0n) is 12.2. The molecule has 0 aliphatic heterocycles. The van der Waals surface area contributed by atoms with Gasteiger partial charge in [-0.3, -0.25) is 14.4 Å². The number of carbonyl (C=O) groups excluding carboxylic acids is 1. The molecule has 0 saturated heterocycles. The molecule has 2 rings (SSSR count). The molecule has 116 valence electrons. The molecule has 0 unspecified atom stereocenters. The minimum absolute atomic E-state index is 0.0713. The van der Waals surface area contributed by atoms with E-state index in [0.717, 1.165) is 5.56 Å². The largest absolute Gasteiger partial charge is 0.280 e. The summed E-state index contributed by atoms with van der Waals surface area (Å²) in [4.78, 5) is 16.1. The van der Waals surface area contributed by atoms with Gasteiger partial charge in [-0.05, 0) is 43.3 Å². The van der Waals surface area contributed by atoms with Crippen molar-refractivity contribution in [3.63, 3.8) is 0 Å². The molecule has 0 spiro atoms. The van der Waals surface area contributed by atoms with Crippen molar-refractivity contribution in [3.05, 3.63) is 59.7 Å². The van der Waals surface area contributed by atoms with Crippen molar-refractivity contribution in [3.8, 4) is 0 Å². The van der Waals surface area contributed by atoms with Gasteiger partial charge >= 0.3 is 0 Å². The maximum absolute atomic E-state index is 12.3. The SMILES string of the molecule is CONC(=O)c1ccc(S(=O)(=O)Nc2ccc(C)cc2)cc1. The molecule has 0 aliphatic rings. The maximum atomic E-state index is 12.3. The zero-order chi connectivity index (χ0) is 16.2. The average molecular weight is 320 g/mol. The Morgan fingerprint density at radius 1 is 1.00 bits per heavy atom. The van der Waals surface area contributed by atoms with Crippen molar-refractivity contribution in [2.24, 2.45) is 0 Å². The number of hydrogen-bond donors (Lipinski definition) is 2. The summed E-state index contributed by atoms with van der Waals surface area (Å²) in [5.41, 5.74) is 3.98. The van der Waals surface area contributed by atoms with E-state index in [1.807, 2.05) is 19.1 Å². The summed E-state index contributed by atoms with van der Waals surface area (Å²) in [6.07, 6.45) is 0. The van der Waals surface area contributed by atoms with Crippen molar-refractivity contribution < 1.29 is 18.0 Å². The number of hydrogen-bond acceptors (Lipinski definition) is 4. The van der Waals surface area contributed by atoms with E-state index in [4.69, 9.17) is 0 Å². The van der Waals surface area contributed by atoms with Crippen LogP contribution in [0.5, 0.6) is 0 Å². The first-order chi connectivity index (χ1) is 10.4. The van der Waals surface area contributed by atoms with Crippen LogP contribution in [0.15, 0.2) is 53.4 Å². The molecule has 0 aliphatic carbocycles. The van der Waals surface area contributed by atoms with Gasteiger partial charge < -0.3 is 0 Å². The third-order valence-corrected chi connectivity index (χ3v) is 4.32. The number of benzene rings is 2. The summed E-state index contributed by atoms with van der Waals surface area (Å²) in [6.45, 7) is 1.92. The molecule has 22 heavy (non-hydrogen) atoms. The smallest absolute Gasteiger partial charge is 0.274 e. The van der Waals surface area contributed by atoms with Crippen LogP contribution in [0.2, 0.25) is 0 Å². The molecular formula is C15H16N2O4S. The monoisotopic (exact) mass is 320 g/mol. The predicted molar refractivity (Wildman–Crippen MR) is 82.9 cm³/mol. The Balaban J connectivity index is 2.19. The number of rotatable bonds is 5. The van der Waals surface area contributed by atoms with E-state index in [-0.39, 0.29) is 4.90 Å². The van der Waals surface area contributed by atoms with Crippen LogP contribution in [-0.4, -0.2) is 21.4 Å². The third kappa shape index (κ3) is 3.84. The quantitative estimate of drug-likeness (QED) is 0.826. The molecule has 0 radical (unpaired) electrons. The van der Waals surface area contributed by atoms with Gasteiger partial charge in [0.1, 0.15) is 0 Å². The summed E-state index contributed by atoms with van der Waals surface area (Å²) in [7, 11) is -2.37. The van der Waals surface area contributed by atoms with Crippen LogP contribution < -0.4 is 10.2 Å². The number of sulfonamides is 1. The predicted octanol–water partition coefficient (Wildman–Crippen LogP) is 2.09. The Morgan fingerprint density at radius 3 is 2.14 bits per heavy atom. The molecule has 0 saturated carbocycles. The van der Waals surface area contributed by atoms with E-state index < -0.39 is 15.9 Å². The fourth-order valence-corrected chi connectivity index (χ4v) is 2.83. The van der Waals surface area contributed by atoms with Gasteiger partial charge in [0.05, 0.1) is 12.0 Å². The van der Waals surface area contributed by atoms with Gasteiger partial charge in [-0.1, -0.05) is 17.7 Å². The molecule has 2 N–H and O–H groups in total. The number of aryl methyl sites for hydroxylation is 1. The number of anilines is 1. The number of hydroxylamine groups is 1. The van der Waals surface area contributed by atoms with Gasteiger partial charge in [0.15, 0.2) is 0 Å². The second-order valence-electron chi connectivity index (χ2n) is 4.63. The van der Waals surface area contributed by atoms with Gasteiger partial charge in [0.25, 0.3) is 15.9 Å². The summed E-state index contributed by atoms with van der Waals surface area (Å²) in [6, 6.07) is 12.6. The first-order valence-electron chi connectivity index (χ1n) is 6.45. The fourth-order valence-electron chi connectivity index (χ4n) is 1.77. The van der Waals surface area contributed by atoms with Crippen molar-refractivity contribution in [2.45, 2.75) is 11.8 Å². The highest BCUT2D eigenvalue weighted by atomic mass is 32.2. The second kappa shape index (κ2) is 6.59. The lowest BCUT2D eigenvalue weighted by atomic mass is 10.2. The van der Waals surface area contributed by atoms with Crippen LogP contribution in [0, 0.1) is 6.92 Å². The van der Waals surface area contributed by atoms with Crippen LogP contribution in [-0.2, 0) is 14.9 Å². The van der Waals surface area contributed by atoms with Crippen molar-refractivity contribution >= 4 is 21.6 Å². The molecule has 0 bridgehead atoms. The molecule has 7 heteroatoms. The fraction of sp³-hybridized carbons (Fsp3) is 0.133. The Morgan fingerprint density at radius 2 is 1.59 bits per heavy atom. The molecule has 1 amide bonds. The van der Waals surface area contributed by atoms with E-state index in [1.54, 1.807) is 12.1 Å². The van der Waals surface area contributed by atoms with Gasteiger partial charge in [0, 0.05) is 11.3 Å². The van der Waals surface area contributed by atoms with E-state index in [1.165, 1.54) is 31.4 Å². The molecule has 2 aromatic carbocycles. The molecular weight excluding hydrogens is 304 g/mol. The standard InChI is InChI=1S/C15H16N2O4S/c1-11-3-7-13(8-4-11)17-22(19,20)14-9-5-12(6-10-14)15(18)16-21-2/h3-10,17H,1-2H3,(H,16,18). The summed E-state index contributed by atoms with van der Waals surface area (Å²) in [5, 5.41) is 0. The van der Waals surface area contributed by atoms with Crippen LogP contribution in [0.3, 0.4) is 0 Å². The molecule has 0 aromatic heterocycles. The minimum Gasteiger partial charge on any atom is -0.280 e. The molecule has 6 nitrogen and oxygen atoms in total. The first kappa shape index (κ1) is 16.0. The summed E-state index contributed by atoms with van der Waals surface area (Å²) in [5.74, 6) is -0.446. The van der Waals surface area contributed by atoms with Gasteiger partial charge in [-0.25, -0.2) is 13.9 Å². The normalized spacial score (nSPS) is 11.0. The maximum Gasteiger partial charge on any atom is 0.274 e. The van der Waals surface area contributed by atoms with Crippen LogP contribution >= 0.6 is 0 Å². The highest BCUT2D eigenvalue weighted by Crippen LogP contribution is 2.17. The van der Waals surface area contributed by atoms with Gasteiger partial charge in [-0.2, -0.15) is 0 Å². The summed E-state index contributed by atoms with van der Waals surface area (Å²) < 4.78 is 27.0. The highest BCUT2D eigenvalue weighted by molar-refractivity contribution is 7.92. The Bertz CT molecular complexity index is 753. The van der Waals surface area contributed by atoms with Crippen LogP contribution in [0.4, 0.5) is 5.69 Å². The Labute approximate surface area is 129 Å². The highest BCUT2D eigenvalue weighted by Gasteiger charge is 2.15. The average Bonchev–Trinajstić information content (AvgIpc) is 2.50. The molecule has 0 atom stereocenters. The van der Waals surface area contributed by atoms with Crippen LogP contribution in [0.25, 0.3) is 0 Å². The Hall–Kier alpha value is -2.38. The summed E-state index contributed by atoms with van der Waals surface area (Å²) >= 11 is 0.